The van der Waals surface area contributed by atoms with E-state index in [2.05, 4.69) is 28.3 Å². The Balaban J connectivity index is 1.35. The van der Waals surface area contributed by atoms with E-state index in [9.17, 15) is 0 Å². The third-order valence-corrected chi connectivity index (χ3v) is 7.22. The smallest absolute Gasteiger partial charge is 0.173 e. The first-order valence-corrected chi connectivity index (χ1v) is 12.9. The van der Waals surface area contributed by atoms with E-state index >= 15 is 0 Å². The fraction of sp³-hybridized carbons (Fsp3) is 0.423. The van der Waals surface area contributed by atoms with Gasteiger partial charge in [0, 0.05) is 10.8 Å². The van der Waals surface area contributed by atoms with Crippen molar-refractivity contribution >= 4 is 22.5 Å². The number of aromatic amines is 1. The van der Waals surface area contributed by atoms with Crippen molar-refractivity contribution < 1.29 is 14.2 Å². The van der Waals surface area contributed by atoms with Gasteiger partial charge in [-0.25, -0.2) is 9.97 Å². The van der Waals surface area contributed by atoms with Crippen molar-refractivity contribution in [3.63, 3.8) is 0 Å². The second-order valence-electron chi connectivity index (χ2n) is 9.05. The zero-order valence-corrected chi connectivity index (χ0v) is 20.9. The second kappa shape index (κ2) is 10.6. The van der Waals surface area contributed by atoms with E-state index in [1.807, 2.05) is 28.8 Å². The minimum atomic E-state index is 0.0580. The van der Waals surface area contributed by atoms with E-state index in [0.29, 0.717) is 30.9 Å². The fourth-order valence-corrected chi connectivity index (χ4v) is 5.10. The van der Waals surface area contributed by atoms with Gasteiger partial charge in [0.1, 0.15) is 11.3 Å². The number of H-pyrrole nitrogens is 1. The molecular formula is C26H31N5O3S. The molecule has 1 saturated carbocycles. The van der Waals surface area contributed by atoms with Crippen molar-refractivity contribution in [1.82, 2.24) is 19.5 Å². The molecule has 1 aromatic carbocycles. The molecule has 1 fully saturated rings. The van der Waals surface area contributed by atoms with Crippen LogP contribution >= 0.6 is 11.3 Å². The van der Waals surface area contributed by atoms with Gasteiger partial charge in [0.25, 0.3) is 0 Å². The monoisotopic (exact) mass is 493 g/mol. The molecule has 0 aliphatic heterocycles. The van der Waals surface area contributed by atoms with Crippen molar-refractivity contribution in [3.05, 3.63) is 63.8 Å². The van der Waals surface area contributed by atoms with E-state index in [0.717, 1.165) is 35.7 Å². The molecule has 35 heavy (non-hydrogen) atoms. The summed E-state index contributed by atoms with van der Waals surface area (Å²) in [6.45, 7) is 3.76. The Morgan fingerprint density at radius 3 is 2.86 bits per heavy atom. The van der Waals surface area contributed by atoms with Crippen molar-refractivity contribution in [1.29, 1.82) is 5.41 Å². The first-order chi connectivity index (χ1) is 17.1. The number of methoxy groups -OCH3 is 1. The molecule has 2 N–H and O–H groups in total. The van der Waals surface area contributed by atoms with Crippen LogP contribution in [-0.2, 0) is 17.9 Å². The highest BCUT2D eigenvalue weighted by Gasteiger charge is 2.19. The number of hydrogen-bond donors (Lipinski definition) is 2. The second-order valence-corrected chi connectivity index (χ2v) is 10.1. The standard InChI is InChI=1S/C26H31N5O3S/c1-17(14-33-15-20-8-5-11-35-20)25-29-23-24(27)28-16-31(26(23)30-25)13-18-9-10-21(32-2)22(12-18)34-19-6-3-4-7-19/h5,8-12,16-17,19,27H,3-4,6-7,13-15H2,1-2H3,(H,29,30). The zero-order valence-electron chi connectivity index (χ0n) is 20.1. The minimum Gasteiger partial charge on any atom is -0.493 e. The summed E-state index contributed by atoms with van der Waals surface area (Å²) in [7, 11) is 1.67. The summed E-state index contributed by atoms with van der Waals surface area (Å²) in [5.74, 6) is 2.37. The average Bonchev–Trinajstić information content (AvgIpc) is 3.63. The van der Waals surface area contributed by atoms with Crippen LogP contribution in [0.2, 0.25) is 0 Å². The Labute approximate surface area is 208 Å². The summed E-state index contributed by atoms with van der Waals surface area (Å²) >= 11 is 1.69. The zero-order chi connectivity index (χ0) is 24.2. The molecule has 1 aliphatic carbocycles. The summed E-state index contributed by atoms with van der Waals surface area (Å²) in [6, 6.07) is 10.1. The molecule has 8 nitrogen and oxygen atoms in total. The number of fused-ring (bicyclic) bond motifs is 1. The topological polar surface area (TPSA) is 98.0 Å². The lowest BCUT2D eigenvalue weighted by molar-refractivity contribution is 0.111. The van der Waals surface area contributed by atoms with Crippen LogP contribution in [0.15, 0.2) is 42.0 Å². The Morgan fingerprint density at radius 2 is 2.09 bits per heavy atom. The fourth-order valence-electron chi connectivity index (χ4n) is 4.45. The first kappa shape index (κ1) is 23.6. The molecule has 0 radical (unpaired) electrons. The van der Waals surface area contributed by atoms with Gasteiger partial charge in [-0.15, -0.1) is 11.3 Å². The minimum absolute atomic E-state index is 0.0580. The van der Waals surface area contributed by atoms with E-state index in [4.69, 9.17) is 24.6 Å². The highest BCUT2D eigenvalue weighted by Crippen LogP contribution is 2.33. The van der Waals surface area contributed by atoms with Crippen LogP contribution in [0.5, 0.6) is 11.5 Å². The molecule has 0 spiro atoms. The van der Waals surface area contributed by atoms with E-state index in [1.165, 1.54) is 17.7 Å². The van der Waals surface area contributed by atoms with Crippen LogP contribution in [0.25, 0.3) is 11.2 Å². The maximum atomic E-state index is 8.28. The Morgan fingerprint density at radius 1 is 1.23 bits per heavy atom. The van der Waals surface area contributed by atoms with Crippen molar-refractivity contribution in [3.8, 4) is 11.5 Å². The van der Waals surface area contributed by atoms with E-state index < -0.39 is 0 Å². The number of aromatic nitrogens is 4. The van der Waals surface area contributed by atoms with Crippen LogP contribution < -0.4 is 15.0 Å². The van der Waals surface area contributed by atoms with E-state index in [-0.39, 0.29) is 17.5 Å². The maximum Gasteiger partial charge on any atom is 0.173 e. The van der Waals surface area contributed by atoms with Crippen molar-refractivity contribution in [2.75, 3.05) is 13.7 Å². The molecule has 1 unspecified atom stereocenters. The summed E-state index contributed by atoms with van der Waals surface area (Å²) < 4.78 is 19.7. The van der Waals surface area contributed by atoms with Crippen LogP contribution in [0.1, 0.15) is 54.8 Å². The number of benzene rings is 1. The normalized spacial score (nSPS) is 15.0. The van der Waals surface area contributed by atoms with Gasteiger partial charge < -0.3 is 23.8 Å². The number of hydrogen-bond acceptors (Lipinski definition) is 7. The Kier molecular flexibility index (Phi) is 7.15. The summed E-state index contributed by atoms with van der Waals surface area (Å²) in [4.78, 5) is 13.6. The highest BCUT2D eigenvalue weighted by atomic mass is 32.1. The third kappa shape index (κ3) is 5.41. The lowest BCUT2D eigenvalue weighted by Crippen LogP contribution is -2.14. The quantitative estimate of drug-likeness (QED) is 0.324. The molecule has 0 saturated heterocycles. The van der Waals surface area contributed by atoms with Gasteiger partial charge in [0.2, 0.25) is 0 Å². The lowest BCUT2D eigenvalue weighted by Gasteiger charge is -2.17. The number of thiophene rings is 1. The lowest BCUT2D eigenvalue weighted by atomic mass is 10.2. The number of nitrogens with zero attached hydrogens (tertiary/aromatic N) is 3. The predicted octanol–water partition coefficient (Wildman–Crippen LogP) is 5.00. The molecule has 3 heterocycles. The van der Waals surface area contributed by atoms with Crippen LogP contribution in [0.3, 0.4) is 0 Å². The SMILES string of the molecule is COc1ccc(Cn2cnc(=N)c3[nH]c(C(C)COCc4cccs4)nc32)cc1OC1CCCC1. The molecule has 1 atom stereocenters. The molecule has 1 aliphatic rings. The highest BCUT2D eigenvalue weighted by molar-refractivity contribution is 7.09. The molecule has 3 aromatic heterocycles. The molecule has 5 rings (SSSR count). The van der Waals surface area contributed by atoms with Crippen molar-refractivity contribution in [2.45, 2.75) is 57.8 Å². The van der Waals surface area contributed by atoms with Gasteiger partial charge in [0.15, 0.2) is 22.6 Å². The van der Waals surface area contributed by atoms with Crippen LogP contribution in [0, 0.1) is 5.41 Å². The third-order valence-electron chi connectivity index (χ3n) is 6.37. The maximum absolute atomic E-state index is 8.28. The van der Waals surface area contributed by atoms with Gasteiger partial charge in [-0.3, -0.25) is 5.41 Å². The summed E-state index contributed by atoms with van der Waals surface area (Å²) in [5, 5.41) is 10.3. The average molecular weight is 494 g/mol. The van der Waals surface area contributed by atoms with Gasteiger partial charge in [-0.1, -0.05) is 19.1 Å². The van der Waals surface area contributed by atoms with Crippen LogP contribution in [-0.4, -0.2) is 39.3 Å². The molecule has 0 bridgehead atoms. The number of imidazole rings is 1. The van der Waals surface area contributed by atoms with Gasteiger partial charge in [-0.2, -0.15) is 0 Å². The molecular weight excluding hydrogens is 462 g/mol. The predicted molar refractivity (Wildman–Crippen MR) is 135 cm³/mol. The van der Waals surface area contributed by atoms with Crippen LogP contribution in [0.4, 0.5) is 0 Å². The number of ether oxygens (including phenoxy) is 3. The van der Waals surface area contributed by atoms with Gasteiger partial charge in [0.05, 0.1) is 39.3 Å². The summed E-state index contributed by atoms with van der Waals surface area (Å²) in [5.41, 5.74) is 2.57. The Bertz CT molecular complexity index is 1320. The van der Waals surface area contributed by atoms with E-state index in [1.54, 1.807) is 24.8 Å². The first-order valence-electron chi connectivity index (χ1n) is 12.0. The summed E-state index contributed by atoms with van der Waals surface area (Å²) in [6.07, 6.45) is 6.52. The number of nitrogens with one attached hydrogen (secondary N) is 2. The number of rotatable bonds is 10. The Hall–Kier alpha value is -3.17. The van der Waals surface area contributed by atoms with Gasteiger partial charge >= 0.3 is 0 Å². The molecule has 184 valence electrons. The largest absolute Gasteiger partial charge is 0.493 e. The van der Waals surface area contributed by atoms with Gasteiger partial charge in [-0.05, 0) is 54.8 Å². The molecule has 9 heteroatoms. The van der Waals surface area contributed by atoms with Crippen molar-refractivity contribution in [2.24, 2.45) is 0 Å². The molecule has 4 aromatic rings. The molecule has 0 amide bonds.